The second-order valence-corrected chi connectivity index (χ2v) is 10.4. The molecule has 0 unspecified atom stereocenters. The Labute approximate surface area is 189 Å². The lowest BCUT2D eigenvalue weighted by Crippen LogP contribution is -2.43. The second-order valence-electron chi connectivity index (χ2n) is 9.44. The topological polar surface area (TPSA) is 54.5 Å². The first kappa shape index (κ1) is 21.0. The van der Waals surface area contributed by atoms with Crippen LogP contribution in [0.3, 0.4) is 0 Å². The molecule has 1 aromatic carbocycles. The van der Waals surface area contributed by atoms with Crippen LogP contribution in [0.4, 0.5) is 0 Å². The zero-order valence-corrected chi connectivity index (χ0v) is 19.0. The first-order valence-corrected chi connectivity index (χ1v) is 12.8. The summed E-state index contributed by atoms with van der Waals surface area (Å²) in [5, 5.41) is 6.41. The van der Waals surface area contributed by atoms with Crippen LogP contribution in [-0.4, -0.2) is 35.0 Å². The van der Waals surface area contributed by atoms with Crippen molar-refractivity contribution in [1.29, 1.82) is 0 Å². The summed E-state index contributed by atoms with van der Waals surface area (Å²) in [6.07, 6.45) is 11.6. The van der Waals surface area contributed by atoms with E-state index in [1.165, 1.54) is 31.2 Å². The molecular weight excluding hydrogens is 406 g/mol. The minimum Gasteiger partial charge on any atom is -0.490 e. The maximum atomic E-state index is 12.5. The molecule has 1 aliphatic heterocycles. The molecule has 3 aliphatic rings. The standard InChI is InChI=1S/C25H33N3O2S/c29-24(19-10-11-19)27-23(25-26-12-14-31-25)20-6-4-13-28(17-20)16-18-5-3-9-22(15-18)30-21-7-1-2-8-21/h3,5,9,12,14-15,19-21,23H,1-2,4,6-8,10-11,13,16-17H2,(H,27,29)/t20-,23-/m0/s1. The average molecular weight is 440 g/mol. The molecule has 2 atom stereocenters. The predicted octanol–water partition coefficient (Wildman–Crippen LogP) is 4.94. The number of aromatic nitrogens is 1. The molecule has 2 saturated carbocycles. The Morgan fingerprint density at radius 2 is 2.06 bits per heavy atom. The van der Waals surface area contributed by atoms with Crippen LogP contribution in [0.1, 0.15) is 68.0 Å². The zero-order chi connectivity index (χ0) is 21.0. The number of carbonyl (C=O) groups excluding carboxylic acids is 1. The molecular formula is C25H33N3O2S. The summed E-state index contributed by atoms with van der Waals surface area (Å²) in [5.74, 6) is 1.86. The van der Waals surface area contributed by atoms with Gasteiger partial charge in [0.2, 0.25) is 5.91 Å². The SMILES string of the molecule is O=C(N[C@H](c1nccs1)[C@H]1CCCN(Cc2cccc(OC3CCCC3)c2)C1)C1CC1. The molecule has 1 saturated heterocycles. The summed E-state index contributed by atoms with van der Waals surface area (Å²) in [6.45, 7) is 3.02. The lowest BCUT2D eigenvalue weighted by atomic mass is 9.90. The fraction of sp³-hybridized carbons (Fsp3) is 0.600. The number of carbonyl (C=O) groups is 1. The van der Waals surface area contributed by atoms with Crippen LogP contribution in [0.15, 0.2) is 35.8 Å². The molecule has 3 fully saturated rings. The Bertz CT molecular complexity index is 861. The van der Waals surface area contributed by atoms with Crippen molar-refractivity contribution in [2.75, 3.05) is 13.1 Å². The summed E-state index contributed by atoms with van der Waals surface area (Å²) in [6, 6.07) is 8.67. The molecule has 2 aliphatic carbocycles. The number of hydrogen-bond acceptors (Lipinski definition) is 5. The molecule has 5 nitrogen and oxygen atoms in total. The van der Waals surface area contributed by atoms with Gasteiger partial charge < -0.3 is 10.1 Å². The maximum absolute atomic E-state index is 12.5. The molecule has 0 bridgehead atoms. The number of likely N-dealkylation sites (tertiary alicyclic amines) is 1. The van der Waals surface area contributed by atoms with E-state index in [0.29, 0.717) is 12.0 Å². The van der Waals surface area contributed by atoms with Gasteiger partial charge in [0.25, 0.3) is 0 Å². The van der Waals surface area contributed by atoms with Gasteiger partial charge in [0.1, 0.15) is 10.8 Å². The van der Waals surface area contributed by atoms with Crippen molar-refractivity contribution in [2.45, 2.75) is 70.1 Å². The smallest absolute Gasteiger partial charge is 0.223 e. The third-order valence-corrected chi connectivity index (χ3v) is 7.74. The van der Waals surface area contributed by atoms with Crippen LogP contribution in [0.25, 0.3) is 0 Å². The first-order chi connectivity index (χ1) is 15.2. The molecule has 1 N–H and O–H groups in total. The molecule has 6 heteroatoms. The Hall–Kier alpha value is -1.92. The Morgan fingerprint density at radius 1 is 1.19 bits per heavy atom. The predicted molar refractivity (Wildman–Crippen MR) is 123 cm³/mol. The number of piperidine rings is 1. The fourth-order valence-electron chi connectivity index (χ4n) is 5.07. The van der Waals surface area contributed by atoms with Gasteiger partial charge in [-0.25, -0.2) is 4.98 Å². The number of nitrogens with one attached hydrogen (secondary N) is 1. The van der Waals surface area contributed by atoms with E-state index in [1.54, 1.807) is 11.3 Å². The van der Waals surface area contributed by atoms with E-state index >= 15 is 0 Å². The lowest BCUT2D eigenvalue weighted by molar-refractivity contribution is -0.123. The highest BCUT2D eigenvalue weighted by atomic mass is 32.1. The lowest BCUT2D eigenvalue weighted by Gasteiger charge is -2.36. The second kappa shape index (κ2) is 9.70. The van der Waals surface area contributed by atoms with E-state index in [-0.39, 0.29) is 17.9 Å². The summed E-state index contributed by atoms with van der Waals surface area (Å²) < 4.78 is 6.21. The van der Waals surface area contributed by atoms with Gasteiger partial charge in [-0.05, 0) is 81.5 Å². The molecule has 166 valence electrons. The van der Waals surface area contributed by atoms with E-state index < -0.39 is 0 Å². The minimum absolute atomic E-state index is 0.0351. The van der Waals surface area contributed by atoms with E-state index in [1.807, 2.05) is 11.6 Å². The molecule has 1 amide bonds. The highest BCUT2D eigenvalue weighted by Crippen LogP contribution is 2.35. The minimum atomic E-state index is 0.0351. The summed E-state index contributed by atoms with van der Waals surface area (Å²) in [7, 11) is 0. The van der Waals surface area contributed by atoms with Crippen molar-refractivity contribution in [3.05, 3.63) is 46.4 Å². The third kappa shape index (κ3) is 5.47. The molecule has 5 rings (SSSR count). The van der Waals surface area contributed by atoms with Crippen molar-refractivity contribution in [2.24, 2.45) is 11.8 Å². The quantitative estimate of drug-likeness (QED) is 0.633. The van der Waals surface area contributed by atoms with Gasteiger partial charge in [0, 0.05) is 30.6 Å². The molecule has 0 spiro atoms. The average Bonchev–Trinajstić information content (AvgIpc) is 3.25. The Balaban J connectivity index is 1.23. The van der Waals surface area contributed by atoms with E-state index in [4.69, 9.17) is 4.74 Å². The van der Waals surface area contributed by atoms with Crippen LogP contribution in [0.2, 0.25) is 0 Å². The highest BCUT2D eigenvalue weighted by Gasteiger charge is 2.36. The van der Waals surface area contributed by atoms with Crippen molar-refractivity contribution in [1.82, 2.24) is 15.2 Å². The van der Waals surface area contributed by atoms with Gasteiger partial charge in [-0.1, -0.05) is 12.1 Å². The highest BCUT2D eigenvalue weighted by molar-refractivity contribution is 7.09. The first-order valence-electron chi connectivity index (χ1n) is 11.9. The van der Waals surface area contributed by atoms with Gasteiger partial charge in [0.15, 0.2) is 0 Å². The van der Waals surface area contributed by atoms with Crippen molar-refractivity contribution in [3.8, 4) is 5.75 Å². The largest absolute Gasteiger partial charge is 0.490 e. The monoisotopic (exact) mass is 439 g/mol. The van der Waals surface area contributed by atoms with Gasteiger partial charge in [-0.3, -0.25) is 9.69 Å². The summed E-state index contributed by atoms with van der Waals surface area (Å²) >= 11 is 1.66. The molecule has 31 heavy (non-hydrogen) atoms. The zero-order valence-electron chi connectivity index (χ0n) is 18.2. The van der Waals surface area contributed by atoms with E-state index in [2.05, 4.69) is 39.5 Å². The Kier molecular flexibility index (Phi) is 6.55. The van der Waals surface area contributed by atoms with Crippen molar-refractivity contribution in [3.63, 3.8) is 0 Å². The third-order valence-electron chi connectivity index (χ3n) is 6.89. The molecule has 1 aromatic heterocycles. The number of nitrogens with zero attached hydrogens (tertiary/aromatic N) is 2. The number of rotatable bonds is 8. The molecule has 2 aromatic rings. The summed E-state index contributed by atoms with van der Waals surface area (Å²) in [4.78, 5) is 19.6. The van der Waals surface area contributed by atoms with Gasteiger partial charge >= 0.3 is 0 Å². The van der Waals surface area contributed by atoms with Gasteiger partial charge in [0.05, 0.1) is 12.1 Å². The van der Waals surface area contributed by atoms with E-state index in [0.717, 1.165) is 56.1 Å². The summed E-state index contributed by atoms with van der Waals surface area (Å²) in [5.41, 5.74) is 1.31. The number of thiazole rings is 1. The Morgan fingerprint density at radius 3 is 2.84 bits per heavy atom. The van der Waals surface area contributed by atoms with Crippen molar-refractivity contribution >= 4 is 17.2 Å². The molecule has 2 heterocycles. The van der Waals surface area contributed by atoms with Crippen molar-refractivity contribution < 1.29 is 9.53 Å². The maximum Gasteiger partial charge on any atom is 0.223 e. The normalized spacial score (nSPS) is 23.5. The van der Waals surface area contributed by atoms with Crippen LogP contribution in [0, 0.1) is 11.8 Å². The number of amides is 1. The van der Waals surface area contributed by atoms with Gasteiger partial charge in [-0.15, -0.1) is 11.3 Å². The number of hydrogen-bond donors (Lipinski definition) is 1. The van der Waals surface area contributed by atoms with E-state index in [9.17, 15) is 4.79 Å². The fourth-order valence-corrected chi connectivity index (χ4v) is 5.85. The molecule has 0 radical (unpaired) electrons. The van der Waals surface area contributed by atoms with Crippen LogP contribution in [0.5, 0.6) is 5.75 Å². The van der Waals surface area contributed by atoms with Gasteiger partial charge in [-0.2, -0.15) is 0 Å². The van der Waals surface area contributed by atoms with Crippen LogP contribution in [-0.2, 0) is 11.3 Å². The number of ether oxygens (including phenoxy) is 1. The van der Waals surface area contributed by atoms with Crippen LogP contribution >= 0.6 is 11.3 Å². The van der Waals surface area contributed by atoms with Crippen LogP contribution < -0.4 is 10.1 Å². The number of benzene rings is 1.